The number of hydrogen-bond donors (Lipinski definition) is 2. The van der Waals surface area contributed by atoms with E-state index in [1.165, 1.54) is 0 Å². The number of rotatable bonds is 20. The highest BCUT2D eigenvalue weighted by atomic mass is 16.6. The highest BCUT2D eigenvalue weighted by Gasteiger charge is 2.48. The molecule has 9 heteroatoms. The highest BCUT2D eigenvalue weighted by Crippen LogP contribution is 2.44. The first kappa shape index (κ1) is 43.0. The van der Waals surface area contributed by atoms with E-state index >= 15 is 0 Å². The number of hydrogen-bond acceptors (Lipinski definition) is 8. The van der Waals surface area contributed by atoms with Gasteiger partial charge in [0.1, 0.15) is 31.0 Å². The second-order valence-electron chi connectivity index (χ2n) is 15.9. The Kier molecular flexibility index (Phi) is 15.2. The van der Waals surface area contributed by atoms with Crippen molar-refractivity contribution in [3.05, 3.63) is 203 Å². The van der Waals surface area contributed by atoms with E-state index in [1.54, 1.807) is 0 Å². The van der Waals surface area contributed by atoms with E-state index in [0.29, 0.717) is 39.3 Å². The number of fused-ring (bicyclic) bond motifs is 3. The molecule has 0 aromatic heterocycles. The third-order valence-corrected chi connectivity index (χ3v) is 11.7. The molecule has 320 valence electrons. The lowest BCUT2D eigenvalue weighted by molar-refractivity contribution is -0.273. The molecule has 0 spiro atoms. The van der Waals surface area contributed by atoms with E-state index in [2.05, 4.69) is 29.6 Å². The van der Waals surface area contributed by atoms with Crippen molar-refractivity contribution in [3.63, 3.8) is 0 Å². The summed E-state index contributed by atoms with van der Waals surface area (Å²) in [4.78, 5) is 13.4. The minimum Gasteiger partial charge on any atom is -0.449 e. The van der Waals surface area contributed by atoms with E-state index in [1.807, 2.05) is 146 Å². The van der Waals surface area contributed by atoms with Crippen molar-refractivity contribution >= 4 is 6.09 Å². The predicted octanol–water partition coefficient (Wildman–Crippen LogP) is 9.41. The minimum atomic E-state index is -0.604. The lowest BCUT2D eigenvalue weighted by Gasteiger charge is -2.46. The zero-order valence-electron chi connectivity index (χ0n) is 34.9. The fourth-order valence-electron chi connectivity index (χ4n) is 8.50. The molecule has 62 heavy (non-hydrogen) atoms. The summed E-state index contributed by atoms with van der Waals surface area (Å²) >= 11 is 0. The summed E-state index contributed by atoms with van der Waals surface area (Å²) in [5, 5.41) is 13.5. The van der Waals surface area contributed by atoms with E-state index in [-0.39, 0.29) is 25.7 Å². The molecule has 0 unspecified atom stereocenters. The van der Waals surface area contributed by atoms with Crippen LogP contribution in [0.4, 0.5) is 4.79 Å². The average Bonchev–Trinajstić information content (AvgIpc) is 3.65. The van der Waals surface area contributed by atoms with Crippen molar-refractivity contribution in [2.75, 3.05) is 19.8 Å². The van der Waals surface area contributed by atoms with Crippen LogP contribution in [-0.2, 0) is 54.8 Å². The Bertz CT molecular complexity index is 2210. The number of nitrogens with one attached hydrogen (secondary N) is 1. The van der Waals surface area contributed by atoms with Gasteiger partial charge in [0.05, 0.1) is 51.8 Å². The van der Waals surface area contributed by atoms with Gasteiger partial charge in [0, 0.05) is 5.92 Å². The average molecular weight is 834 g/mol. The quantitative estimate of drug-likeness (QED) is 0.0785. The Labute approximate surface area is 364 Å². The van der Waals surface area contributed by atoms with Gasteiger partial charge in [-0.25, -0.2) is 4.79 Å². The van der Waals surface area contributed by atoms with Crippen molar-refractivity contribution in [3.8, 4) is 11.1 Å². The number of carbonyl (C=O) groups excluding carboxylic acids is 1. The third kappa shape index (κ3) is 11.2. The predicted molar refractivity (Wildman–Crippen MR) is 238 cm³/mol. The number of benzene rings is 6. The van der Waals surface area contributed by atoms with Gasteiger partial charge in [0.2, 0.25) is 0 Å². The molecule has 6 aromatic rings. The zero-order valence-corrected chi connectivity index (χ0v) is 34.9. The lowest BCUT2D eigenvalue weighted by atomic mass is 9.91. The van der Waals surface area contributed by atoms with E-state index in [4.69, 9.17) is 28.4 Å². The summed E-state index contributed by atoms with van der Waals surface area (Å²) in [5.41, 5.74) is 8.67. The van der Waals surface area contributed by atoms with Crippen LogP contribution in [0.5, 0.6) is 0 Å². The molecule has 0 bridgehead atoms. The summed E-state index contributed by atoms with van der Waals surface area (Å²) in [5.74, 6) is -0.0789. The number of aliphatic hydroxyl groups is 1. The second-order valence-corrected chi connectivity index (χ2v) is 15.9. The van der Waals surface area contributed by atoms with Crippen LogP contribution < -0.4 is 5.32 Å². The molecule has 9 nitrogen and oxygen atoms in total. The molecular weight excluding hydrogens is 779 g/mol. The SMILES string of the molecule is O=C(N[C@H](CO)CC[C@@H]1O[C@H](COCc2ccccc2)[C@H](OCc2ccccc2)[C@H](OCc2ccccc2)[C@H]1OCc1ccccc1)OCC1c2ccccc2-c2ccccc21. The van der Waals surface area contributed by atoms with Gasteiger partial charge in [-0.05, 0) is 57.3 Å². The van der Waals surface area contributed by atoms with Crippen molar-refractivity contribution < 1.29 is 38.3 Å². The maximum Gasteiger partial charge on any atom is 0.407 e. The zero-order chi connectivity index (χ0) is 42.4. The van der Waals surface area contributed by atoms with Gasteiger partial charge in [0.15, 0.2) is 0 Å². The molecule has 1 heterocycles. The normalized spacial score (nSPS) is 19.9. The van der Waals surface area contributed by atoms with Gasteiger partial charge in [0.25, 0.3) is 0 Å². The number of aliphatic hydroxyl groups excluding tert-OH is 1. The Balaban J connectivity index is 1.01. The highest BCUT2D eigenvalue weighted by molar-refractivity contribution is 5.79. The van der Waals surface area contributed by atoms with Gasteiger partial charge < -0.3 is 38.8 Å². The smallest absolute Gasteiger partial charge is 0.407 e. The molecule has 8 rings (SSSR count). The van der Waals surface area contributed by atoms with Crippen LogP contribution >= 0.6 is 0 Å². The maximum absolute atomic E-state index is 13.4. The van der Waals surface area contributed by atoms with Crippen molar-refractivity contribution in [1.82, 2.24) is 5.32 Å². The fraction of sp³-hybridized carbons (Fsp3) is 0.302. The summed E-state index contributed by atoms with van der Waals surface area (Å²) in [6.07, 6.45) is -2.55. The van der Waals surface area contributed by atoms with Crippen molar-refractivity contribution in [1.29, 1.82) is 0 Å². The third-order valence-electron chi connectivity index (χ3n) is 11.7. The molecule has 1 aliphatic carbocycles. The van der Waals surface area contributed by atoms with Gasteiger partial charge in [-0.2, -0.15) is 0 Å². The molecule has 6 atom stereocenters. The molecule has 2 aliphatic rings. The van der Waals surface area contributed by atoms with Gasteiger partial charge >= 0.3 is 6.09 Å². The van der Waals surface area contributed by atoms with Gasteiger partial charge in [-0.3, -0.25) is 0 Å². The molecular formula is C53H55NO8. The van der Waals surface area contributed by atoms with E-state index in [0.717, 1.165) is 44.5 Å². The summed E-state index contributed by atoms with van der Waals surface area (Å²) in [7, 11) is 0. The van der Waals surface area contributed by atoms with Crippen LogP contribution in [0.2, 0.25) is 0 Å². The number of amides is 1. The Morgan fingerprint density at radius 3 is 1.47 bits per heavy atom. The summed E-state index contributed by atoms with van der Waals surface area (Å²) < 4.78 is 39.8. The van der Waals surface area contributed by atoms with Crippen LogP contribution in [0.3, 0.4) is 0 Å². The first-order valence-corrected chi connectivity index (χ1v) is 21.6. The molecule has 0 saturated carbocycles. The molecule has 1 saturated heterocycles. The van der Waals surface area contributed by atoms with Gasteiger partial charge in [-0.1, -0.05) is 170 Å². The maximum atomic E-state index is 13.4. The second kappa shape index (κ2) is 21.9. The van der Waals surface area contributed by atoms with Crippen molar-refractivity contribution in [2.24, 2.45) is 0 Å². The number of carbonyl (C=O) groups is 1. The van der Waals surface area contributed by atoms with Crippen LogP contribution in [0.25, 0.3) is 11.1 Å². The van der Waals surface area contributed by atoms with E-state index < -0.39 is 42.7 Å². The lowest BCUT2D eigenvalue weighted by Crippen LogP contribution is -2.61. The molecule has 2 N–H and O–H groups in total. The minimum absolute atomic E-state index is 0.0789. The molecule has 6 aromatic carbocycles. The topological polar surface area (TPSA) is 105 Å². The Morgan fingerprint density at radius 2 is 0.968 bits per heavy atom. The molecule has 1 aliphatic heterocycles. The standard InChI is InChI=1S/C53H55NO8/c55-31-42(54-53(56)61-36-47-45-27-15-13-25-43(45)44-26-14-16-28-46(44)47)29-30-48-50(58-33-39-19-7-2-8-20-39)52(60-35-41-23-11-4-12-24-41)51(59-34-40-21-9-3-10-22-40)49(62-48)37-57-32-38-17-5-1-6-18-38/h1-28,42,47-52,55H,29-37H2,(H,54,56)/t42-,48-,49+,50-,51-,52+/m0/s1. The van der Waals surface area contributed by atoms with Gasteiger partial charge in [-0.15, -0.1) is 0 Å². The summed E-state index contributed by atoms with van der Waals surface area (Å²) in [6.45, 7) is 1.51. The van der Waals surface area contributed by atoms with Crippen LogP contribution in [0.1, 0.15) is 52.1 Å². The van der Waals surface area contributed by atoms with Crippen LogP contribution in [-0.4, -0.2) is 67.6 Å². The van der Waals surface area contributed by atoms with Crippen LogP contribution in [0, 0.1) is 0 Å². The Hall–Kier alpha value is -5.65. The number of ether oxygens (including phenoxy) is 6. The molecule has 0 radical (unpaired) electrons. The Morgan fingerprint density at radius 1 is 0.532 bits per heavy atom. The fourth-order valence-corrected chi connectivity index (χ4v) is 8.50. The number of alkyl carbamates (subject to hydrolysis) is 1. The molecule has 1 fully saturated rings. The molecule has 1 amide bonds. The first-order chi connectivity index (χ1) is 30.6. The van der Waals surface area contributed by atoms with Crippen molar-refractivity contribution in [2.45, 2.75) is 81.7 Å². The van der Waals surface area contributed by atoms with Crippen LogP contribution in [0.15, 0.2) is 170 Å². The van der Waals surface area contributed by atoms with E-state index in [9.17, 15) is 9.90 Å². The summed E-state index contributed by atoms with van der Waals surface area (Å²) in [6, 6.07) is 56.0. The monoisotopic (exact) mass is 833 g/mol. The first-order valence-electron chi connectivity index (χ1n) is 21.6. The largest absolute Gasteiger partial charge is 0.449 e.